The summed E-state index contributed by atoms with van der Waals surface area (Å²) in [6.07, 6.45) is -0.714. The molecule has 4 nitrogen and oxygen atoms in total. The number of piperidine rings is 1. The van der Waals surface area contributed by atoms with Gasteiger partial charge in [0, 0.05) is 12.7 Å². The molecule has 112 valence electrons. The van der Waals surface area contributed by atoms with Crippen molar-refractivity contribution in [3.05, 3.63) is 24.0 Å². The van der Waals surface area contributed by atoms with Crippen molar-refractivity contribution in [1.82, 2.24) is 9.47 Å². The number of aliphatic hydroxyl groups excluding tert-OH is 1. The Balaban J connectivity index is 2.18. The summed E-state index contributed by atoms with van der Waals surface area (Å²) < 4.78 is 38.3. The summed E-state index contributed by atoms with van der Waals surface area (Å²) in [6, 6.07) is 2.51. The number of amides is 1. The van der Waals surface area contributed by atoms with Gasteiger partial charge in [0.25, 0.3) is 5.91 Å². The molecule has 2 heterocycles. The van der Waals surface area contributed by atoms with E-state index in [9.17, 15) is 23.1 Å². The normalized spacial score (nSPS) is 20.2. The van der Waals surface area contributed by atoms with Gasteiger partial charge >= 0.3 is 6.18 Å². The second kappa shape index (κ2) is 5.87. The third-order valence-electron chi connectivity index (χ3n) is 3.50. The van der Waals surface area contributed by atoms with E-state index in [0.29, 0.717) is 13.0 Å². The second-order valence-corrected chi connectivity index (χ2v) is 4.97. The van der Waals surface area contributed by atoms with Gasteiger partial charge in [0.15, 0.2) is 0 Å². The van der Waals surface area contributed by atoms with Crippen LogP contribution in [0.2, 0.25) is 0 Å². The van der Waals surface area contributed by atoms with Crippen molar-refractivity contribution >= 4 is 5.91 Å². The third kappa shape index (κ3) is 3.33. The van der Waals surface area contributed by atoms with Gasteiger partial charge in [0.2, 0.25) is 0 Å². The van der Waals surface area contributed by atoms with E-state index < -0.39 is 18.6 Å². The molecule has 1 atom stereocenters. The van der Waals surface area contributed by atoms with Crippen molar-refractivity contribution in [1.29, 1.82) is 0 Å². The predicted octanol–water partition coefficient (Wildman–Crippen LogP) is 2.04. The number of carbonyl (C=O) groups is 1. The number of nitrogens with zero attached hydrogens (tertiary/aromatic N) is 2. The third-order valence-corrected chi connectivity index (χ3v) is 3.50. The van der Waals surface area contributed by atoms with Gasteiger partial charge in [-0.25, -0.2) is 0 Å². The minimum atomic E-state index is -4.37. The zero-order valence-electron chi connectivity index (χ0n) is 10.9. The summed E-state index contributed by atoms with van der Waals surface area (Å²) in [5.74, 6) is -0.446. The SMILES string of the molecule is O=C(c1cccn1CC(F)(F)F)N1CCCCC1CO. The molecule has 0 saturated carbocycles. The number of aromatic nitrogens is 1. The first-order valence-corrected chi connectivity index (χ1v) is 6.56. The molecule has 1 N–H and O–H groups in total. The minimum absolute atomic E-state index is 0.0164. The Morgan fingerprint density at radius 3 is 2.80 bits per heavy atom. The highest BCUT2D eigenvalue weighted by Crippen LogP contribution is 2.22. The molecule has 1 aliphatic heterocycles. The number of carbonyl (C=O) groups excluding carboxylic acids is 1. The van der Waals surface area contributed by atoms with Crippen molar-refractivity contribution < 1.29 is 23.1 Å². The zero-order valence-corrected chi connectivity index (χ0v) is 10.9. The summed E-state index contributed by atoms with van der Waals surface area (Å²) in [7, 11) is 0. The standard InChI is InChI=1S/C13H17F3N2O2/c14-13(15,16)9-17-6-3-5-11(17)12(20)18-7-2-1-4-10(18)8-19/h3,5-6,10,19H,1-2,4,7-9H2. The first kappa shape index (κ1) is 14.9. The molecular weight excluding hydrogens is 273 g/mol. The molecule has 1 saturated heterocycles. The molecule has 1 aliphatic rings. The summed E-state index contributed by atoms with van der Waals surface area (Å²) in [6.45, 7) is -0.869. The Morgan fingerprint density at radius 1 is 1.40 bits per heavy atom. The van der Waals surface area contributed by atoms with Crippen molar-refractivity contribution in [2.24, 2.45) is 0 Å². The average Bonchev–Trinajstić information content (AvgIpc) is 2.83. The number of alkyl halides is 3. The van der Waals surface area contributed by atoms with Gasteiger partial charge in [-0.2, -0.15) is 13.2 Å². The Hall–Kier alpha value is -1.50. The molecule has 0 aromatic carbocycles. The van der Waals surface area contributed by atoms with Gasteiger partial charge in [-0.3, -0.25) is 4.79 Å². The number of halogens is 3. The van der Waals surface area contributed by atoms with E-state index >= 15 is 0 Å². The fourth-order valence-electron chi connectivity index (χ4n) is 2.54. The lowest BCUT2D eigenvalue weighted by Gasteiger charge is -2.34. The Bertz CT molecular complexity index is 470. The first-order valence-electron chi connectivity index (χ1n) is 6.56. The molecule has 1 aromatic rings. The van der Waals surface area contributed by atoms with Crippen LogP contribution in [0.15, 0.2) is 18.3 Å². The van der Waals surface area contributed by atoms with Crippen LogP contribution < -0.4 is 0 Å². The van der Waals surface area contributed by atoms with E-state index in [1.54, 1.807) is 0 Å². The van der Waals surface area contributed by atoms with Crippen molar-refractivity contribution in [3.8, 4) is 0 Å². The number of likely N-dealkylation sites (tertiary alicyclic amines) is 1. The number of hydrogen-bond donors (Lipinski definition) is 1. The second-order valence-electron chi connectivity index (χ2n) is 4.97. The lowest BCUT2D eigenvalue weighted by atomic mass is 10.0. The monoisotopic (exact) mass is 290 g/mol. The quantitative estimate of drug-likeness (QED) is 0.926. The molecule has 2 rings (SSSR count). The highest BCUT2D eigenvalue weighted by Gasteiger charge is 2.32. The summed E-state index contributed by atoms with van der Waals surface area (Å²) in [4.78, 5) is 13.8. The van der Waals surface area contributed by atoms with E-state index in [-0.39, 0.29) is 18.3 Å². The maximum Gasteiger partial charge on any atom is 0.406 e. The molecule has 0 aliphatic carbocycles. The predicted molar refractivity (Wildman–Crippen MR) is 66.2 cm³/mol. The van der Waals surface area contributed by atoms with E-state index in [1.165, 1.54) is 23.2 Å². The van der Waals surface area contributed by atoms with Crippen LogP contribution in [0, 0.1) is 0 Å². The van der Waals surface area contributed by atoms with Crippen LogP contribution in [0.25, 0.3) is 0 Å². The lowest BCUT2D eigenvalue weighted by molar-refractivity contribution is -0.140. The van der Waals surface area contributed by atoms with Gasteiger partial charge in [-0.05, 0) is 31.4 Å². The largest absolute Gasteiger partial charge is 0.406 e. The van der Waals surface area contributed by atoms with Gasteiger partial charge in [-0.15, -0.1) is 0 Å². The fraction of sp³-hybridized carbons (Fsp3) is 0.615. The van der Waals surface area contributed by atoms with Crippen LogP contribution in [-0.2, 0) is 6.54 Å². The Morgan fingerprint density at radius 2 is 2.15 bits per heavy atom. The molecule has 0 bridgehead atoms. The lowest BCUT2D eigenvalue weighted by Crippen LogP contribution is -2.46. The van der Waals surface area contributed by atoms with Crippen LogP contribution in [0.4, 0.5) is 13.2 Å². The number of aliphatic hydroxyl groups is 1. The molecule has 0 spiro atoms. The van der Waals surface area contributed by atoms with Crippen LogP contribution in [0.3, 0.4) is 0 Å². The molecule has 1 aromatic heterocycles. The molecule has 1 amide bonds. The van der Waals surface area contributed by atoms with E-state index in [4.69, 9.17) is 0 Å². The molecular formula is C13H17F3N2O2. The Kier molecular flexibility index (Phi) is 4.37. The van der Waals surface area contributed by atoms with Gasteiger partial charge in [0.05, 0.1) is 12.6 Å². The van der Waals surface area contributed by atoms with E-state index in [1.807, 2.05) is 0 Å². The zero-order chi connectivity index (χ0) is 14.8. The summed E-state index contributed by atoms with van der Waals surface area (Å²) in [5.41, 5.74) is 0.0164. The van der Waals surface area contributed by atoms with E-state index in [0.717, 1.165) is 17.4 Å². The van der Waals surface area contributed by atoms with Crippen LogP contribution in [0.5, 0.6) is 0 Å². The number of rotatable bonds is 3. The van der Waals surface area contributed by atoms with Crippen molar-refractivity contribution in [2.45, 2.75) is 38.0 Å². The summed E-state index contributed by atoms with van der Waals surface area (Å²) >= 11 is 0. The van der Waals surface area contributed by atoms with Crippen LogP contribution >= 0.6 is 0 Å². The molecule has 1 unspecified atom stereocenters. The van der Waals surface area contributed by atoms with Crippen LogP contribution in [0.1, 0.15) is 29.8 Å². The topological polar surface area (TPSA) is 45.5 Å². The van der Waals surface area contributed by atoms with Gasteiger partial charge in [0.1, 0.15) is 12.2 Å². The molecule has 7 heteroatoms. The molecule has 1 fully saturated rings. The molecule has 20 heavy (non-hydrogen) atoms. The average molecular weight is 290 g/mol. The van der Waals surface area contributed by atoms with Gasteiger partial charge in [-0.1, -0.05) is 0 Å². The van der Waals surface area contributed by atoms with Gasteiger partial charge < -0.3 is 14.6 Å². The fourth-order valence-corrected chi connectivity index (χ4v) is 2.54. The maximum absolute atomic E-state index is 12.5. The van der Waals surface area contributed by atoms with Crippen molar-refractivity contribution in [2.75, 3.05) is 13.2 Å². The number of hydrogen-bond acceptors (Lipinski definition) is 2. The van der Waals surface area contributed by atoms with Crippen LogP contribution in [-0.4, -0.2) is 45.9 Å². The smallest absolute Gasteiger partial charge is 0.394 e. The van der Waals surface area contributed by atoms with Crippen molar-refractivity contribution in [3.63, 3.8) is 0 Å². The Labute approximate surface area is 114 Å². The highest BCUT2D eigenvalue weighted by atomic mass is 19.4. The summed E-state index contributed by atoms with van der Waals surface area (Å²) in [5, 5.41) is 9.28. The minimum Gasteiger partial charge on any atom is -0.394 e. The highest BCUT2D eigenvalue weighted by molar-refractivity contribution is 5.93. The molecule has 0 radical (unpaired) electrons. The first-order chi connectivity index (χ1) is 9.42. The maximum atomic E-state index is 12.5. The van der Waals surface area contributed by atoms with E-state index in [2.05, 4.69) is 0 Å².